The van der Waals surface area contributed by atoms with Gasteiger partial charge < -0.3 is 10.2 Å². The standard InChI is InChI=1S/C17H28N2/c1-4-14-12-15(5-2)17(16(6-3)13-14)19-10-7-8-18-9-11-19/h12-13,18H,4-11H2,1-3H3. The van der Waals surface area contributed by atoms with Crippen LogP contribution in [0.25, 0.3) is 0 Å². The fourth-order valence-electron chi connectivity index (χ4n) is 3.05. The summed E-state index contributed by atoms with van der Waals surface area (Å²) in [5, 5.41) is 3.50. The molecule has 1 saturated heterocycles. The first kappa shape index (κ1) is 14.4. The molecular weight excluding hydrogens is 232 g/mol. The lowest BCUT2D eigenvalue weighted by atomic mass is 9.97. The van der Waals surface area contributed by atoms with Gasteiger partial charge in [-0.25, -0.2) is 0 Å². The Labute approximate surface area is 118 Å². The van der Waals surface area contributed by atoms with Crippen LogP contribution in [0.1, 0.15) is 43.9 Å². The van der Waals surface area contributed by atoms with Crippen LogP contribution in [0, 0.1) is 0 Å². The second-order valence-corrected chi connectivity index (χ2v) is 5.41. The van der Waals surface area contributed by atoms with Crippen LogP contribution in [0.15, 0.2) is 12.1 Å². The van der Waals surface area contributed by atoms with Gasteiger partial charge >= 0.3 is 0 Å². The van der Waals surface area contributed by atoms with Crippen LogP contribution in [0.3, 0.4) is 0 Å². The molecule has 19 heavy (non-hydrogen) atoms. The number of rotatable bonds is 4. The highest BCUT2D eigenvalue weighted by molar-refractivity contribution is 5.61. The van der Waals surface area contributed by atoms with Crippen molar-refractivity contribution in [2.75, 3.05) is 31.1 Å². The maximum absolute atomic E-state index is 3.50. The van der Waals surface area contributed by atoms with Gasteiger partial charge in [-0.2, -0.15) is 0 Å². The predicted octanol–water partition coefficient (Wildman–Crippen LogP) is 3.17. The van der Waals surface area contributed by atoms with E-state index < -0.39 is 0 Å². The second kappa shape index (κ2) is 6.95. The topological polar surface area (TPSA) is 15.3 Å². The van der Waals surface area contributed by atoms with E-state index in [1.54, 1.807) is 0 Å². The molecule has 2 nitrogen and oxygen atoms in total. The van der Waals surface area contributed by atoms with E-state index in [0.717, 1.165) is 38.9 Å². The van der Waals surface area contributed by atoms with Gasteiger partial charge in [0.25, 0.3) is 0 Å². The molecule has 1 aromatic carbocycles. The molecule has 0 spiro atoms. The Bertz CT molecular complexity index is 379. The summed E-state index contributed by atoms with van der Waals surface area (Å²) >= 11 is 0. The summed E-state index contributed by atoms with van der Waals surface area (Å²) < 4.78 is 0. The summed E-state index contributed by atoms with van der Waals surface area (Å²) in [6.07, 6.45) is 4.67. The Balaban J connectivity index is 2.40. The van der Waals surface area contributed by atoms with Gasteiger partial charge in [0.05, 0.1) is 0 Å². The highest BCUT2D eigenvalue weighted by Crippen LogP contribution is 2.29. The lowest BCUT2D eigenvalue weighted by Crippen LogP contribution is -2.29. The molecule has 0 saturated carbocycles. The summed E-state index contributed by atoms with van der Waals surface area (Å²) in [4.78, 5) is 2.61. The zero-order valence-electron chi connectivity index (χ0n) is 12.8. The third kappa shape index (κ3) is 3.30. The first-order valence-electron chi connectivity index (χ1n) is 7.90. The monoisotopic (exact) mass is 260 g/mol. The van der Waals surface area contributed by atoms with E-state index in [2.05, 4.69) is 43.1 Å². The molecule has 1 aliphatic rings. The van der Waals surface area contributed by atoms with E-state index in [-0.39, 0.29) is 0 Å². The Morgan fingerprint density at radius 2 is 1.63 bits per heavy atom. The highest BCUT2D eigenvalue weighted by Gasteiger charge is 2.16. The average Bonchev–Trinajstić information content (AvgIpc) is 2.74. The van der Waals surface area contributed by atoms with Crippen molar-refractivity contribution in [3.63, 3.8) is 0 Å². The first-order valence-corrected chi connectivity index (χ1v) is 7.90. The Morgan fingerprint density at radius 1 is 0.947 bits per heavy atom. The SMILES string of the molecule is CCc1cc(CC)c(N2CCCNCC2)c(CC)c1. The van der Waals surface area contributed by atoms with Gasteiger partial charge in [-0.05, 0) is 48.9 Å². The summed E-state index contributed by atoms with van der Waals surface area (Å²) in [5.74, 6) is 0. The Morgan fingerprint density at radius 3 is 2.21 bits per heavy atom. The smallest absolute Gasteiger partial charge is 0.0431 e. The first-order chi connectivity index (χ1) is 9.30. The number of anilines is 1. The minimum Gasteiger partial charge on any atom is -0.370 e. The third-order valence-corrected chi connectivity index (χ3v) is 4.15. The molecular formula is C17H28N2. The molecule has 2 heteroatoms. The van der Waals surface area contributed by atoms with Crippen molar-refractivity contribution in [3.8, 4) is 0 Å². The molecule has 0 amide bonds. The van der Waals surface area contributed by atoms with Crippen molar-refractivity contribution < 1.29 is 0 Å². The van der Waals surface area contributed by atoms with Crippen LogP contribution in [0.2, 0.25) is 0 Å². The average molecular weight is 260 g/mol. The van der Waals surface area contributed by atoms with Crippen molar-refractivity contribution in [1.82, 2.24) is 5.32 Å². The van der Waals surface area contributed by atoms with Crippen LogP contribution >= 0.6 is 0 Å². The van der Waals surface area contributed by atoms with Gasteiger partial charge in [0.1, 0.15) is 0 Å². The molecule has 106 valence electrons. The molecule has 0 bridgehead atoms. The molecule has 0 aliphatic carbocycles. The normalized spacial score (nSPS) is 16.5. The Hall–Kier alpha value is -1.02. The van der Waals surface area contributed by atoms with E-state index in [4.69, 9.17) is 0 Å². The van der Waals surface area contributed by atoms with E-state index in [1.807, 2.05) is 0 Å². The maximum atomic E-state index is 3.50. The zero-order valence-corrected chi connectivity index (χ0v) is 12.8. The highest BCUT2D eigenvalue weighted by atomic mass is 15.2. The molecule has 1 fully saturated rings. The maximum Gasteiger partial charge on any atom is 0.0431 e. The minimum atomic E-state index is 1.11. The molecule has 0 unspecified atom stereocenters. The van der Waals surface area contributed by atoms with E-state index in [0.29, 0.717) is 0 Å². The van der Waals surface area contributed by atoms with Gasteiger partial charge in [-0.15, -0.1) is 0 Å². The fraction of sp³-hybridized carbons (Fsp3) is 0.647. The lowest BCUT2D eigenvalue weighted by molar-refractivity contribution is 0.724. The number of nitrogens with zero attached hydrogens (tertiary/aromatic N) is 1. The number of hydrogen-bond donors (Lipinski definition) is 1. The van der Waals surface area contributed by atoms with Gasteiger partial charge in [-0.3, -0.25) is 0 Å². The summed E-state index contributed by atoms with van der Waals surface area (Å²) in [6, 6.07) is 4.85. The predicted molar refractivity (Wildman–Crippen MR) is 84.3 cm³/mol. The molecule has 0 aromatic heterocycles. The van der Waals surface area contributed by atoms with E-state index in [9.17, 15) is 0 Å². The minimum absolute atomic E-state index is 1.11. The van der Waals surface area contributed by atoms with Crippen molar-refractivity contribution in [1.29, 1.82) is 0 Å². The molecule has 1 aliphatic heterocycles. The van der Waals surface area contributed by atoms with Crippen LogP contribution in [-0.4, -0.2) is 26.2 Å². The quantitative estimate of drug-likeness (QED) is 0.894. The largest absolute Gasteiger partial charge is 0.370 e. The molecule has 2 rings (SSSR count). The molecule has 1 aromatic rings. The molecule has 1 N–H and O–H groups in total. The molecule has 1 heterocycles. The fourth-order valence-corrected chi connectivity index (χ4v) is 3.05. The van der Waals surface area contributed by atoms with E-state index in [1.165, 1.54) is 35.3 Å². The summed E-state index contributed by atoms with van der Waals surface area (Å²) in [6.45, 7) is 11.4. The van der Waals surface area contributed by atoms with Crippen LogP contribution < -0.4 is 10.2 Å². The lowest BCUT2D eigenvalue weighted by Gasteiger charge is -2.28. The number of benzene rings is 1. The molecule has 0 radical (unpaired) electrons. The van der Waals surface area contributed by atoms with Crippen molar-refractivity contribution in [3.05, 3.63) is 28.8 Å². The van der Waals surface area contributed by atoms with E-state index >= 15 is 0 Å². The van der Waals surface area contributed by atoms with Crippen molar-refractivity contribution >= 4 is 5.69 Å². The van der Waals surface area contributed by atoms with Crippen LogP contribution in [-0.2, 0) is 19.3 Å². The number of hydrogen-bond acceptors (Lipinski definition) is 2. The summed E-state index contributed by atoms with van der Waals surface area (Å²) in [7, 11) is 0. The second-order valence-electron chi connectivity index (χ2n) is 5.41. The van der Waals surface area contributed by atoms with Crippen molar-refractivity contribution in [2.45, 2.75) is 46.5 Å². The van der Waals surface area contributed by atoms with Gasteiger partial charge in [-0.1, -0.05) is 32.9 Å². The van der Waals surface area contributed by atoms with Gasteiger partial charge in [0.2, 0.25) is 0 Å². The zero-order chi connectivity index (χ0) is 13.7. The van der Waals surface area contributed by atoms with Gasteiger partial charge in [0.15, 0.2) is 0 Å². The molecule has 0 atom stereocenters. The third-order valence-electron chi connectivity index (χ3n) is 4.15. The van der Waals surface area contributed by atoms with Crippen molar-refractivity contribution in [2.24, 2.45) is 0 Å². The van der Waals surface area contributed by atoms with Gasteiger partial charge in [0, 0.05) is 25.3 Å². The van der Waals surface area contributed by atoms with Crippen LogP contribution in [0.5, 0.6) is 0 Å². The number of aryl methyl sites for hydroxylation is 3. The number of nitrogens with one attached hydrogen (secondary N) is 1. The Kier molecular flexibility index (Phi) is 5.26. The summed E-state index contributed by atoms with van der Waals surface area (Å²) in [5.41, 5.74) is 6.10. The van der Waals surface area contributed by atoms with Crippen LogP contribution in [0.4, 0.5) is 5.69 Å².